The van der Waals surface area contributed by atoms with E-state index in [0.717, 1.165) is 50.6 Å². The lowest BCUT2D eigenvalue weighted by Crippen LogP contribution is -2.44. The Morgan fingerprint density at radius 3 is 1.52 bits per heavy atom. The molecule has 0 radical (unpaired) electrons. The molecule has 3 N–H and O–H groups in total. The molecule has 1 atom stereocenters. The lowest BCUT2D eigenvalue weighted by molar-refractivity contribution is -0.135. The van der Waals surface area contributed by atoms with Crippen LogP contribution >= 0.6 is 12.0 Å². The maximum atomic E-state index is 12.0. The number of rotatable bonds is 23. The minimum Gasteiger partial charge on any atom is -0.391 e. The van der Waals surface area contributed by atoms with Crippen LogP contribution in [-0.4, -0.2) is 47.8 Å². The Kier molecular flexibility index (Phi) is 45.7. The topological polar surface area (TPSA) is 105 Å². The Bertz CT molecular complexity index is 921. The second kappa shape index (κ2) is 42.2. The van der Waals surface area contributed by atoms with Gasteiger partial charge in [0.25, 0.3) is 0 Å². The average Bonchev–Trinajstić information content (AvgIpc) is 3.09. The van der Waals surface area contributed by atoms with Crippen LogP contribution in [0.3, 0.4) is 0 Å². The molecular formula is C40H72N2O5S. The molecule has 0 rings (SSSR count). The molecule has 8 heteroatoms. The molecule has 0 spiro atoms. The Morgan fingerprint density at radius 2 is 1.10 bits per heavy atom. The maximum absolute atomic E-state index is 12.0. The number of hydrogen-bond acceptors (Lipinski definition) is 6. The van der Waals surface area contributed by atoms with Crippen molar-refractivity contribution in [3.8, 4) is 0 Å². The smallest absolute Gasteiger partial charge is 0.321 e. The van der Waals surface area contributed by atoms with Crippen LogP contribution in [0.2, 0.25) is 0 Å². The lowest BCUT2D eigenvalue weighted by atomic mass is 9.83. The molecule has 0 saturated heterocycles. The molecule has 0 aliphatic carbocycles. The van der Waals surface area contributed by atoms with Gasteiger partial charge in [-0.25, -0.2) is 0 Å². The van der Waals surface area contributed by atoms with Crippen molar-refractivity contribution in [3.63, 3.8) is 0 Å². The molecule has 0 saturated carbocycles. The van der Waals surface area contributed by atoms with E-state index < -0.39 is 17.4 Å². The highest BCUT2D eigenvalue weighted by molar-refractivity contribution is 7.95. The van der Waals surface area contributed by atoms with Crippen molar-refractivity contribution < 1.29 is 23.7 Å². The van der Waals surface area contributed by atoms with Crippen molar-refractivity contribution in [2.24, 2.45) is 5.41 Å². The van der Waals surface area contributed by atoms with Crippen LogP contribution in [0.15, 0.2) is 72.9 Å². The molecule has 0 aromatic heterocycles. The zero-order valence-electron chi connectivity index (χ0n) is 32.2. The first-order valence-electron chi connectivity index (χ1n) is 18.1. The van der Waals surface area contributed by atoms with E-state index in [1.54, 1.807) is 6.08 Å². The molecule has 278 valence electrons. The summed E-state index contributed by atoms with van der Waals surface area (Å²) in [5.41, 5.74) is -0.521. The molecule has 0 aliphatic rings. The minimum absolute atomic E-state index is 0.109. The highest BCUT2D eigenvalue weighted by Gasteiger charge is 2.31. The van der Waals surface area contributed by atoms with E-state index in [9.17, 15) is 19.5 Å². The highest BCUT2D eigenvalue weighted by Crippen LogP contribution is 2.24. The van der Waals surface area contributed by atoms with Gasteiger partial charge in [0.1, 0.15) is 6.10 Å². The molecule has 48 heavy (non-hydrogen) atoms. The summed E-state index contributed by atoms with van der Waals surface area (Å²) in [6.07, 6.45) is 32.0. The first kappa shape index (κ1) is 52.0. The standard InChI is InChI=1S/C33H52N2O5S.C3H8.2C2H6/c1-5-7-8-9-10-11-12-13-14-15-16-17-18-19-20-21-22-23-24-30(37)40-41-28-27-34-29(36)25-26-35-32(39)31(38)33(3,4)6-2;1-3-2;2*1-2/h7-8,10-11,13-14,16-17,19-20,22-23,31,38H,5-6,9,12,15,18,21,24-28H2,1-4H3,(H,34,36)(H,35,39);3H2,1-2H3;2*1-2H3/b8-7-,11-10-,14-13-,17-16-,20-19-,23-22-;;;/t31-;;;/m0.../s1. The number of carbonyl (C=O) groups is 3. The van der Waals surface area contributed by atoms with E-state index >= 15 is 0 Å². The van der Waals surface area contributed by atoms with Gasteiger partial charge in [0.15, 0.2) is 0 Å². The molecule has 2 amide bonds. The lowest BCUT2D eigenvalue weighted by Gasteiger charge is -2.28. The second-order valence-corrected chi connectivity index (χ2v) is 11.6. The van der Waals surface area contributed by atoms with Gasteiger partial charge in [-0.05, 0) is 50.4 Å². The summed E-state index contributed by atoms with van der Waals surface area (Å²) in [4.78, 5) is 35.6. The molecule has 0 heterocycles. The number of hydrogen-bond donors (Lipinski definition) is 3. The molecule has 0 aromatic rings. The summed E-state index contributed by atoms with van der Waals surface area (Å²) in [6, 6.07) is 0. The van der Waals surface area contributed by atoms with E-state index in [-0.39, 0.29) is 31.3 Å². The summed E-state index contributed by atoms with van der Waals surface area (Å²) in [7, 11) is 0. The Hall–Kier alpha value is -2.84. The first-order chi connectivity index (χ1) is 23.2. The molecule has 0 aliphatic heterocycles. The summed E-state index contributed by atoms with van der Waals surface area (Å²) in [5, 5.41) is 15.4. The fourth-order valence-electron chi connectivity index (χ4n) is 3.11. The highest BCUT2D eigenvalue weighted by atomic mass is 32.2. The van der Waals surface area contributed by atoms with E-state index in [0.29, 0.717) is 18.7 Å². The molecular weight excluding hydrogens is 621 g/mol. The second-order valence-electron chi connectivity index (χ2n) is 10.7. The third-order valence-electron chi connectivity index (χ3n) is 6.09. The van der Waals surface area contributed by atoms with Crippen LogP contribution in [-0.2, 0) is 18.6 Å². The van der Waals surface area contributed by atoms with E-state index in [2.05, 4.69) is 92.2 Å². The van der Waals surface area contributed by atoms with Gasteiger partial charge in [-0.1, -0.05) is 149 Å². The van der Waals surface area contributed by atoms with Crippen LogP contribution in [0, 0.1) is 5.41 Å². The third-order valence-corrected chi connectivity index (χ3v) is 6.77. The zero-order valence-corrected chi connectivity index (χ0v) is 33.0. The monoisotopic (exact) mass is 693 g/mol. The number of amides is 2. The van der Waals surface area contributed by atoms with Crippen molar-refractivity contribution in [1.82, 2.24) is 10.6 Å². The normalized spacial score (nSPS) is 12.1. The van der Waals surface area contributed by atoms with Gasteiger partial charge in [0.2, 0.25) is 11.8 Å². The van der Waals surface area contributed by atoms with Crippen LogP contribution in [0.25, 0.3) is 0 Å². The van der Waals surface area contributed by atoms with Crippen molar-refractivity contribution in [3.05, 3.63) is 72.9 Å². The Labute approximate surface area is 300 Å². The van der Waals surface area contributed by atoms with Crippen LogP contribution in [0.1, 0.15) is 133 Å². The fourth-order valence-corrected chi connectivity index (χ4v) is 3.58. The quantitative estimate of drug-likeness (QED) is 0.0559. The van der Waals surface area contributed by atoms with Gasteiger partial charge in [-0.3, -0.25) is 14.4 Å². The summed E-state index contributed by atoms with van der Waals surface area (Å²) >= 11 is 0.998. The number of allylic oxidation sites excluding steroid dienone is 11. The van der Waals surface area contributed by atoms with Crippen molar-refractivity contribution in [2.75, 3.05) is 18.8 Å². The van der Waals surface area contributed by atoms with Gasteiger partial charge in [0.05, 0.1) is 18.5 Å². The predicted octanol–water partition coefficient (Wildman–Crippen LogP) is 10.2. The van der Waals surface area contributed by atoms with Gasteiger partial charge in [-0.2, -0.15) is 0 Å². The van der Waals surface area contributed by atoms with Gasteiger partial charge >= 0.3 is 5.97 Å². The van der Waals surface area contributed by atoms with Crippen LogP contribution in [0.4, 0.5) is 0 Å². The van der Waals surface area contributed by atoms with E-state index in [4.69, 9.17) is 4.18 Å². The van der Waals surface area contributed by atoms with Crippen molar-refractivity contribution >= 4 is 29.8 Å². The molecule has 0 unspecified atom stereocenters. The Morgan fingerprint density at radius 1 is 0.688 bits per heavy atom. The molecule has 7 nitrogen and oxygen atoms in total. The number of carbonyl (C=O) groups excluding carboxylic acids is 3. The third kappa shape index (κ3) is 39.3. The first-order valence-corrected chi connectivity index (χ1v) is 19.0. The van der Waals surface area contributed by atoms with Crippen LogP contribution in [0.5, 0.6) is 0 Å². The van der Waals surface area contributed by atoms with Crippen molar-refractivity contribution in [2.45, 2.75) is 140 Å². The number of aliphatic hydroxyl groups is 1. The average molecular weight is 693 g/mol. The molecule has 0 aromatic carbocycles. The van der Waals surface area contributed by atoms with E-state index in [1.807, 2.05) is 54.5 Å². The van der Waals surface area contributed by atoms with Gasteiger partial charge in [0, 0.05) is 25.3 Å². The summed E-state index contributed by atoms with van der Waals surface area (Å²) < 4.78 is 5.09. The predicted molar refractivity (Wildman–Crippen MR) is 211 cm³/mol. The largest absolute Gasteiger partial charge is 0.391 e. The minimum atomic E-state index is -1.12. The van der Waals surface area contributed by atoms with Crippen LogP contribution < -0.4 is 10.6 Å². The van der Waals surface area contributed by atoms with Gasteiger partial charge in [-0.15, -0.1) is 0 Å². The van der Waals surface area contributed by atoms with Gasteiger partial charge < -0.3 is 19.9 Å². The summed E-state index contributed by atoms with van der Waals surface area (Å²) in [6.45, 7) is 20.4. The molecule has 0 fully saturated rings. The fraction of sp³-hybridized carbons (Fsp3) is 0.625. The van der Waals surface area contributed by atoms with Crippen molar-refractivity contribution in [1.29, 1.82) is 0 Å². The zero-order chi connectivity index (χ0) is 37.3. The Balaban J connectivity index is -0.00000128. The maximum Gasteiger partial charge on any atom is 0.321 e. The molecule has 0 bridgehead atoms. The number of nitrogens with one attached hydrogen (secondary N) is 2. The van der Waals surface area contributed by atoms with E-state index in [1.165, 1.54) is 6.42 Å². The SMILES string of the molecule is CC.CC.CC/C=C\C/C=C\C/C=C\C/C=C\C/C=C\C/C=C\CC(=O)OSCCNC(=O)CCNC(=O)[C@H](O)C(C)(C)CC.CCC. The summed E-state index contributed by atoms with van der Waals surface area (Å²) in [5.74, 6) is -0.604. The number of aliphatic hydroxyl groups excluding tert-OH is 1.